The molecule has 0 aliphatic carbocycles. The summed E-state index contributed by atoms with van der Waals surface area (Å²) in [7, 11) is 1.65. The maximum absolute atomic E-state index is 10.3. The molecule has 3 N–H and O–H groups in total. The van der Waals surface area contributed by atoms with Gasteiger partial charge in [0.25, 0.3) is 0 Å². The lowest BCUT2D eigenvalue weighted by atomic mass is 9.77. The molecule has 0 bridgehead atoms. The maximum atomic E-state index is 10.3. The fourth-order valence-corrected chi connectivity index (χ4v) is 2.89. The van der Waals surface area contributed by atoms with E-state index in [-0.39, 0.29) is 0 Å². The molecule has 0 fully saturated rings. The molecule has 0 aliphatic rings. The molecule has 0 unspecified atom stereocenters. The highest BCUT2D eigenvalue weighted by Gasteiger charge is 2.36. The van der Waals surface area contributed by atoms with Gasteiger partial charge >= 0.3 is 7.48 Å². The third-order valence-corrected chi connectivity index (χ3v) is 5.72. The Morgan fingerprint density at radius 1 is 1.07 bits per heavy atom. The largest absolute Gasteiger partial charge is 0.427 e. The van der Waals surface area contributed by atoms with Crippen LogP contribution in [0.25, 0.3) is 0 Å². The van der Waals surface area contributed by atoms with Crippen molar-refractivity contribution in [2.24, 2.45) is 0 Å². The van der Waals surface area contributed by atoms with Crippen LogP contribution in [0.15, 0.2) is 41.3 Å². The van der Waals surface area contributed by atoms with Gasteiger partial charge in [0.15, 0.2) is 0 Å². The lowest BCUT2D eigenvalue weighted by Gasteiger charge is -2.37. The van der Waals surface area contributed by atoms with Crippen molar-refractivity contribution in [1.29, 1.82) is 5.41 Å². The molecule has 0 aliphatic heterocycles. The topological polar surface area (TPSA) is 65.3 Å². The van der Waals surface area contributed by atoms with Gasteiger partial charge in [-0.05, 0) is 77.2 Å². The van der Waals surface area contributed by atoms with Crippen LogP contribution in [0.2, 0.25) is 0 Å². The Kier molecular flexibility index (Phi) is 6.79. The smallest absolute Gasteiger partial charge is 0.331 e. The van der Waals surface area contributed by atoms with Gasteiger partial charge in [-0.3, -0.25) is 0 Å². The Bertz CT molecular complexity index is 799. The van der Waals surface area contributed by atoms with E-state index in [1.54, 1.807) is 21.3 Å². The molecule has 0 saturated carbocycles. The molecule has 0 amide bonds. The van der Waals surface area contributed by atoms with Crippen molar-refractivity contribution < 1.29 is 9.76 Å². The number of anilines is 1. The highest BCUT2D eigenvalue weighted by molar-refractivity contribution is 8.00. The van der Waals surface area contributed by atoms with Crippen LogP contribution in [0.3, 0.4) is 0 Å². The third-order valence-electron chi connectivity index (χ3n) is 4.89. The molecule has 1 radical (unpaired) electrons. The quantitative estimate of drug-likeness (QED) is 0.363. The summed E-state index contributed by atoms with van der Waals surface area (Å²) in [4.78, 5) is 1.10. The van der Waals surface area contributed by atoms with Crippen LogP contribution in [-0.4, -0.2) is 30.0 Å². The van der Waals surface area contributed by atoms with Gasteiger partial charge in [0.05, 0.1) is 16.9 Å². The standard InChI is InChI=1S/C21H28BN2O2S/c1-14-7-10-16(11-8-14)27-24-18-12-9-15(2)19(17(18)13-23)22-26-21(5,6)20(3,4)25/h7-13,23-25H,1-6H3. The van der Waals surface area contributed by atoms with Crippen LogP contribution >= 0.6 is 11.9 Å². The second-order valence-corrected chi connectivity index (χ2v) is 8.60. The predicted molar refractivity (Wildman–Crippen MR) is 117 cm³/mol. The Balaban J connectivity index is 2.21. The first kappa shape index (κ1) is 21.5. The van der Waals surface area contributed by atoms with Gasteiger partial charge in [0.1, 0.15) is 0 Å². The zero-order valence-corrected chi connectivity index (χ0v) is 17.7. The molecular formula is C21H28BN2O2S. The summed E-state index contributed by atoms with van der Waals surface area (Å²) in [6.45, 7) is 11.2. The van der Waals surface area contributed by atoms with E-state index < -0.39 is 11.2 Å². The molecule has 0 spiro atoms. The van der Waals surface area contributed by atoms with Gasteiger partial charge in [-0.15, -0.1) is 0 Å². The minimum Gasteiger partial charge on any atom is -0.427 e. The molecule has 4 nitrogen and oxygen atoms in total. The van der Waals surface area contributed by atoms with Crippen LogP contribution < -0.4 is 10.2 Å². The van der Waals surface area contributed by atoms with Gasteiger partial charge in [-0.1, -0.05) is 29.3 Å². The average molecular weight is 383 g/mol. The van der Waals surface area contributed by atoms with Crippen molar-refractivity contribution in [2.45, 2.75) is 57.6 Å². The minimum absolute atomic E-state index is 0.751. The van der Waals surface area contributed by atoms with Crippen molar-refractivity contribution in [1.82, 2.24) is 0 Å². The Hall–Kier alpha value is -1.76. The van der Waals surface area contributed by atoms with E-state index >= 15 is 0 Å². The summed E-state index contributed by atoms with van der Waals surface area (Å²) in [5, 5.41) is 18.2. The van der Waals surface area contributed by atoms with Crippen LogP contribution in [0.5, 0.6) is 0 Å². The number of benzene rings is 2. The molecule has 0 heterocycles. The summed E-state index contributed by atoms with van der Waals surface area (Å²) in [5.74, 6) is 0. The first-order chi connectivity index (χ1) is 12.5. The van der Waals surface area contributed by atoms with E-state index in [9.17, 15) is 5.11 Å². The Morgan fingerprint density at radius 3 is 2.26 bits per heavy atom. The Morgan fingerprint density at radius 2 is 1.70 bits per heavy atom. The number of hydrogen-bond donors (Lipinski definition) is 3. The zero-order valence-electron chi connectivity index (χ0n) is 16.9. The lowest BCUT2D eigenvalue weighted by molar-refractivity contribution is -0.0893. The van der Waals surface area contributed by atoms with Crippen LogP contribution in [0.1, 0.15) is 44.4 Å². The summed E-state index contributed by atoms with van der Waals surface area (Å²) in [6.07, 6.45) is 1.33. The van der Waals surface area contributed by atoms with E-state index in [4.69, 9.17) is 10.1 Å². The molecule has 143 valence electrons. The number of rotatable bonds is 8. The van der Waals surface area contributed by atoms with Crippen molar-refractivity contribution in [2.75, 3.05) is 4.72 Å². The fourth-order valence-electron chi connectivity index (χ4n) is 2.22. The van der Waals surface area contributed by atoms with Gasteiger partial charge < -0.3 is 19.9 Å². The SMILES string of the molecule is Cc1ccc(SNc2ccc(C)c([B]OC(C)(C)C(C)(C)O)c2C=N)cc1. The van der Waals surface area contributed by atoms with Crippen molar-refractivity contribution >= 4 is 36.8 Å². The summed E-state index contributed by atoms with van der Waals surface area (Å²) in [5.41, 5.74) is 2.89. The van der Waals surface area contributed by atoms with Crippen molar-refractivity contribution in [3.05, 3.63) is 53.1 Å². The summed E-state index contributed by atoms with van der Waals surface area (Å²) < 4.78 is 9.26. The van der Waals surface area contributed by atoms with E-state index in [2.05, 4.69) is 35.9 Å². The fraction of sp³-hybridized carbons (Fsp3) is 0.381. The van der Waals surface area contributed by atoms with Gasteiger partial charge in [-0.25, -0.2) is 0 Å². The third kappa shape index (κ3) is 5.37. The van der Waals surface area contributed by atoms with E-state index in [0.29, 0.717) is 0 Å². The van der Waals surface area contributed by atoms with E-state index in [1.165, 1.54) is 23.7 Å². The molecule has 0 aromatic heterocycles. The monoisotopic (exact) mass is 383 g/mol. The number of aliphatic hydroxyl groups is 1. The zero-order chi connectivity index (χ0) is 20.2. The second-order valence-electron chi connectivity index (χ2n) is 7.72. The van der Waals surface area contributed by atoms with Crippen LogP contribution in [0.4, 0.5) is 5.69 Å². The summed E-state index contributed by atoms with van der Waals surface area (Å²) in [6, 6.07) is 12.2. The van der Waals surface area contributed by atoms with E-state index in [0.717, 1.165) is 27.2 Å². The normalized spacial score (nSPS) is 12.0. The first-order valence-electron chi connectivity index (χ1n) is 8.92. The molecule has 2 aromatic carbocycles. The molecular weight excluding hydrogens is 355 g/mol. The number of aryl methyl sites for hydroxylation is 2. The van der Waals surface area contributed by atoms with Crippen LogP contribution in [-0.2, 0) is 4.65 Å². The highest BCUT2D eigenvalue weighted by atomic mass is 32.2. The first-order valence-corrected chi connectivity index (χ1v) is 9.74. The number of nitrogens with one attached hydrogen (secondary N) is 2. The number of hydrogen-bond acceptors (Lipinski definition) is 5. The molecule has 27 heavy (non-hydrogen) atoms. The van der Waals surface area contributed by atoms with E-state index in [1.807, 2.05) is 32.9 Å². The minimum atomic E-state index is -1.00. The molecule has 2 aromatic rings. The van der Waals surface area contributed by atoms with Crippen LogP contribution in [0, 0.1) is 19.3 Å². The second kappa shape index (κ2) is 8.51. The maximum Gasteiger partial charge on any atom is 0.331 e. The molecule has 0 saturated heterocycles. The van der Waals surface area contributed by atoms with Gasteiger partial charge in [-0.2, -0.15) is 0 Å². The Labute approximate surface area is 167 Å². The van der Waals surface area contributed by atoms with Gasteiger partial charge in [0.2, 0.25) is 0 Å². The van der Waals surface area contributed by atoms with Crippen molar-refractivity contribution in [3.8, 4) is 0 Å². The molecule has 0 atom stereocenters. The molecule has 2 rings (SSSR count). The van der Waals surface area contributed by atoms with Gasteiger partial charge in [0, 0.05) is 16.7 Å². The predicted octanol–water partition coefficient (Wildman–Crippen LogP) is 4.23. The lowest BCUT2D eigenvalue weighted by Crippen LogP contribution is -2.49. The average Bonchev–Trinajstić information content (AvgIpc) is 2.59. The highest BCUT2D eigenvalue weighted by Crippen LogP contribution is 2.26. The summed E-state index contributed by atoms with van der Waals surface area (Å²) >= 11 is 1.51. The van der Waals surface area contributed by atoms with Crippen molar-refractivity contribution in [3.63, 3.8) is 0 Å². The molecule has 6 heteroatoms.